The smallest absolute Gasteiger partial charge is 0.278 e. The second kappa shape index (κ2) is 9.52. The summed E-state index contributed by atoms with van der Waals surface area (Å²) in [7, 11) is 0. The van der Waals surface area contributed by atoms with Crippen LogP contribution in [0.3, 0.4) is 0 Å². The van der Waals surface area contributed by atoms with E-state index in [0.717, 1.165) is 10.6 Å². The van der Waals surface area contributed by atoms with Crippen LogP contribution in [0.25, 0.3) is 0 Å². The number of carbonyl (C=O) groups is 1. The normalized spacial score (nSPS) is 10.9. The zero-order valence-electron chi connectivity index (χ0n) is 16.5. The molecule has 29 heavy (non-hydrogen) atoms. The number of para-hydroxylation sites is 1. The zero-order chi connectivity index (χ0) is 20.8. The quantitative estimate of drug-likeness (QED) is 0.389. The topological polar surface area (TPSA) is 51.0 Å². The lowest BCUT2D eigenvalue weighted by Gasteiger charge is -2.27. The van der Waals surface area contributed by atoms with E-state index >= 15 is 0 Å². The van der Waals surface area contributed by atoms with Gasteiger partial charge in [0.1, 0.15) is 11.5 Å². The third-order valence-corrected chi connectivity index (χ3v) is 5.29. The monoisotopic (exact) mass is 410 g/mol. The zero-order valence-corrected chi connectivity index (χ0v) is 17.3. The molecule has 0 aliphatic rings. The number of hydrogen-bond acceptors (Lipinski definition) is 4. The van der Waals surface area contributed by atoms with Crippen LogP contribution in [-0.4, -0.2) is 26.9 Å². The number of allylic oxidation sites excluding steroid dienone is 1. The van der Waals surface area contributed by atoms with Gasteiger partial charge in [-0.3, -0.25) is 4.79 Å². The second-order valence-corrected chi connectivity index (χ2v) is 7.75. The van der Waals surface area contributed by atoms with Gasteiger partial charge in [0.15, 0.2) is 5.69 Å². The molecule has 0 N–H and O–H groups in total. The van der Waals surface area contributed by atoms with Crippen LogP contribution in [0.2, 0.25) is 0 Å². The summed E-state index contributed by atoms with van der Waals surface area (Å²) in [5.41, 5.74) is 1.85. The van der Waals surface area contributed by atoms with E-state index in [1.165, 1.54) is 23.9 Å². The van der Waals surface area contributed by atoms with Crippen molar-refractivity contribution in [3.63, 3.8) is 0 Å². The highest BCUT2D eigenvalue weighted by molar-refractivity contribution is 7.98. The first kappa shape index (κ1) is 20.8. The minimum Gasteiger partial charge on any atom is -0.304 e. The average molecular weight is 411 g/mol. The van der Waals surface area contributed by atoms with Gasteiger partial charge in [0.2, 0.25) is 0 Å². The van der Waals surface area contributed by atoms with Gasteiger partial charge in [-0.05, 0) is 50.2 Å². The number of hydrogen-bond donors (Lipinski definition) is 0. The Hall–Kier alpha value is -2.93. The number of nitrogens with zero attached hydrogens (tertiary/aromatic N) is 4. The maximum Gasteiger partial charge on any atom is 0.278 e. The van der Waals surface area contributed by atoms with Gasteiger partial charge in [-0.25, -0.2) is 9.07 Å². The Bertz CT molecular complexity index is 970. The molecule has 1 aromatic heterocycles. The molecule has 5 nitrogen and oxygen atoms in total. The molecule has 1 amide bonds. The van der Waals surface area contributed by atoms with Gasteiger partial charge < -0.3 is 4.90 Å². The summed E-state index contributed by atoms with van der Waals surface area (Å²) >= 11 is 1.48. The summed E-state index contributed by atoms with van der Waals surface area (Å²) < 4.78 is 14.7. The van der Waals surface area contributed by atoms with E-state index in [0.29, 0.717) is 23.7 Å². The van der Waals surface area contributed by atoms with Crippen LogP contribution in [0, 0.1) is 5.82 Å². The lowest BCUT2D eigenvalue weighted by atomic mass is 10.2. The Morgan fingerprint density at radius 1 is 1.21 bits per heavy atom. The van der Waals surface area contributed by atoms with Crippen LogP contribution in [0.4, 0.5) is 10.1 Å². The Morgan fingerprint density at radius 2 is 1.90 bits per heavy atom. The molecule has 0 radical (unpaired) electrons. The van der Waals surface area contributed by atoms with Crippen LogP contribution in [0.15, 0.2) is 72.1 Å². The van der Waals surface area contributed by atoms with E-state index < -0.39 is 0 Å². The van der Waals surface area contributed by atoms with Crippen LogP contribution >= 0.6 is 11.8 Å². The first-order chi connectivity index (χ1) is 14.0. The van der Waals surface area contributed by atoms with Crippen LogP contribution in [0.5, 0.6) is 0 Å². The highest BCUT2D eigenvalue weighted by Crippen LogP contribution is 2.26. The third-order valence-electron chi connectivity index (χ3n) is 4.27. The largest absolute Gasteiger partial charge is 0.304 e. The van der Waals surface area contributed by atoms with E-state index in [2.05, 4.69) is 16.9 Å². The van der Waals surface area contributed by atoms with Crippen molar-refractivity contribution in [3.05, 3.63) is 84.5 Å². The minimum atomic E-state index is -0.280. The van der Waals surface area contributed by atoms with Crippen molar-refractivity contribution in [1.82, 2.24) is 15.0 Å². The van der Waals surface area contributed by atoms with Gasteiger partial charge in [-0.2, -0.15) is 0 Å². The van der Waals surface area contributed by atoms with E-state index in [1.807, 2.05) is 44.2 Å². The molecule has 3 aromatic rings. The fourth-order valence-corrected chi connectivity index (χ4v) is 3.79. The summed E-state index contributed by atoms with van der Waals surface area (Å²) in [5.74, 6) is 0.00948. The number of benzene rings is 2. The minimum absolute atomic E-state index is 0.0467. The molecule has 150 valence electrons. The summed E-state index contributed by atoms with van der Waals surface area (Å²) in [5, 5.41) is 8.41. The summed E-state index contributed by atoms with van der Waals surface area (Å²) in [4.78, 5) is 16.2. The molecule has 0 unspecified atom stereocenters. The maximum absolute atomic E-state index is 13.6. The predicted octanol–water partition coefficient (Wildman–Crippen LogP) is 4.95. The second-order valence-electron chi connectivity index (χ2n) is 6.70. The van der Waals surface area contributed by atoms with Gasteiger partial charge in [0.25, 0.3) is 5.91 Å². The van der Waals surface area contributed by atoms with Gasteiger partial charge in [-0.1, -0.05) is 29.5 Å². The predicted molar refractivity (Wildman–Crippen MR) is 115 cm³/mol. The molecule has 0 aliphatic heterocycles. The Morgan fingerprint density at radius 3 is 2.52 bits per heavy atom. The Kier molecular flexibility index (Phi) is 6.82. The van der Waals surface area contributed by atoms with Gasteiger partial charge >= 0.3 is 0 Å². The molecule has 0 spiro atoms. The lowest BCUT2D eigenvalue weighted by Crippen LogP contribution is -2.38. The Labute approximate surface area is 174 Å². The summed E-state index contributed by atoms with van der Waals surface area (Å²) in [6, 6.07) is 15.7. The Balaban J connectivity index is 1.93. The van der Waals surface area contributed by atoms with E-state index in [-0.39, 0.29) is 17.8 Å². The van der Waals surface area contributed by atoms with Crippen molar-refractivity contribution >= 4 is 23.4 Å². The molecule has 3 rings (SSSR count). The first-order valence-corrected chi connectivity index (χ1v) is 10.3. The van der Waals surface area contributed by atoms with Crippen molar-refractivity contribution in [3.8, 4) is 0 Å². The fraction of sp³-hybridized carbons (Fsp3) is 0.227. The van der Waals surface area contributed by atoms with E-state index in [4.69, 9.17) is 0 Å². The number of rotatable bonds is 8. The molecule has 0 bridgehead atoms. The standard InChI is InChI=1S/C22H23FN4OS/c1-4-14-26-21(22(28)27(16(2)3)18-8-6-5-7-9-18)20(24-25-26)15-29-19-12-10-17(23)11-13-19/h4-13,16H,1,14-15H2,2-3H3. The molecule has 0 atom stereocenters. The molecular weight excluding hydrogens is 387 g/mol. The fourth-order valence-electron chi connectivity index (χ4n) is 2.97. The summed E-state index contributed by atoms with van der Waals surface area (Å²) in [6.07, 6.45) is 1.69. The van der Waals surface area contributed by atoms with Gasteiger partial charge in [-0.15, -0.1) is 23.4 Å². The maximum atomic E-state index is 13.6. The highest BCUT2D eigenvalue weighted by Gasteiger charge is 2.27. The van der Waals surface area contributed by atoms with E-state index in [1.54, 1.807) is 27.8 Å². The molecule has 0 saturated carbocycles. The molecule has 1 heterocycles. The SMILES string of the molecule is C=CCn1nnc(CSc2ccc(F)cc2)c1C(=O)N(c1ccccc1)C(C)C. The van der Waals surface area contributed by atoms with Gasteiger partial charge in [0.05, 0.1) is 6.54 Å². The van der Waals surface area contributed by atoms with Crippen molar-refractivity contribution in [2.75, 3.05) is 4.90 Å². The first-order valence-electron chi connectivity index (χ1n) is 9.31. The van der Waals surface area contributed by atoms with Crippen LogP contribution in [0.1, 0.15) is 30.0 Å². The molecule has 7 heteroatoms. The average Bonchev–Trinajstić information content (AvgIpc) is 3.11. The van der Waals surface area contributed by atoms with Crippen LogP contribution in [-0.2, 0) is 12.3 Å². The van der Waals surface area contributed by atoms with E-state index in [9.17, 15) is 9.18 Å². The number of thioether (sulfide) groups is 1. The van der Waals surface area contributed by atoms with Crippen LogP contribution < -0.4 is 4.90 Å². The number of aromatic nitrogens is 3. The number of halogens is 1. The van der Waals surface area contributed by atoms with Crippen molar-refractivity contribution < 1.29 is 9.18 Å². The van der Waals surface area contributed by atoms with Crippen molar-refractivity contribution in [2.24, 2.45) is 0 Å². The lowest BCUT2D eigenvalue weighted by molar-refractivity contribution is 0.0969. The molecule has 0 aliphatic carbocycles. The number of amides is 1. The number of carbonyl (C=O) groups excluding carboxylic acids is 1. The molecular formula is C22H23FN4OS. The number of anilines is 1. The van der Waals surface area contributed by atoms with Gasteiger partial charge in [0, 0.05) is 22.4 Å². The molecule has 0 saturated heterocycles. The third kappa shape index (κ3) is 4.92. The van der Waals surface area contributed by atoms with Crippen molar-refractivity contribution in [2.45, 2.75) is 37.1 Å². The van der Waals surface area contributed by atoms with Crippen molar-refractivity contribution in [1.29, 1.82) is 0 Å². The highest BCUT2D eigenvalue weighted by atomic mass is 32.2. The molecule has 0 fully saturated rings. The molecule has 2 aromatic carbocycles. The summed E-state index contributed by atoms with van der Waals surface area (Å²) in [6.45, 7) is 8.08.